The lowest BCUT2D eigenvalue weighted by atomic mass is 9.93. The molecule has 2 heterocycles. The number of hydrogen-bond donors (Lipinski definition) is 1. The van der Waals surface area contributed by atoms with Gasteiger partial charge in [-0.2, -0.15) is 0 Å². The fraction of sp³-hybridized carbons (Fsp3) is 0.500. The number of likely N-dealkylation sites (tertiary alicyclic amines) is 1. The molecule has 4 heteroatoms. The molecule has 1 N–H and O–H groups in total. The molecule has 0 aromatic carbocycles. The fourth-order valence-corrected chi connectivity index (χ4v) is 2.33. The number of aliphatic hydroxyl groups excluding tert-OH is 1. The van der Waals surface area contributed by atoms with Crippen molar-refractivity contribution in [3.05, 3.63) is 29.6 Å². The van der Waals surface area contributed by atoms with E-state index in [1.165, 1.54) is 0 Å². The minimum atomic E-state index is -0.0514. The highest BCUT2D eigenvalue weighted by Crippen LogP contribution is 2.29. The molecule has 1 aliphatic heterocycles. The smallest absolute Gasteiger partial charge is 0.273 e. The molecule has 0 saturated carbocycles. The molecule has 20 heavy (non-hydrogen) atoms. The summed E-state index contributed by atoms with van der Waals surface area (Å²) in [5.74, 6) is 5.71. The van der Waals surface area contributed by atoms with Gasteiger partial charge in [0.15, 0.2) is 0 Å². The van der Waals surface area contributed by atoms with Crippen LogP contribution >= 0.6 is 0 Å². The van der Waals surface area contributed by atoms with Gasteiger partial charge in [-0.05, 0) is 24.0 Å². The molecule has 0 radical (unpaired) electrons. The Morgan fingerprint density at radius 1 is 1.55 bits per heavy atom. The van der Waals surface area contributed by atoms with E-state index in [-0.39, 0.29) is 17.9 Å². The molecule has 1 aromatic heterocycles. The monoisotopic (exact) mass is 272 g/mol. The van der Waals surface area contributed by atoms with Crippen molar-refractivity contribution in [2.45, 2.75) is 26.7 Å². The van der Waals surface area contributed by atoms with Gasteiger partial charge in [0.2, 0.25) is 0 Å². The first-order valence-electron chi connectivity index (χ1n) is 6.87. The maximum absolute atomic E-state index is 12.5. The van der Waals surface area contributed by atoms with Crippen LogP contribution in [0.5, 0.6) is 0 Å². The Bertz CT molecular complexity index is 555. The van der Waals surface area contributed by atoms with Crippen LogP contribution in [0.1, 0.15) is 42.7 Å². The molecule has 1 aromatic rings. The van der Waals surface area contributed by atoms with Crippen LogP contribution in [-0.4, -0.2) is 40.6 Å². The molecule has 1 amide bonds. The summed E-state index contributed by atoms with van der Waals surface area (Å²) in [7, 11) is 0. The van der Waals surface area contributed by atoms with E-state index >= 15 is 0 Å². The lowest BCUT2D eigenvalue weighted by molar-refractivity contribution is 0.0772. The largest absolute Gasteiger partial charge is 0.395 e. The summed E-state index contributed by atoms with van der Waals surface area (Å²) >= 11 is 0. The highest BCUT2D eigenvalue weighted by molar-refractivity contribution is 5.95. The summed E-state index contributed by atoms with van der Waals surface area (Å²) in [5, 5.41) is 8.76. The molecular formula is C16H20N2O2. The summed E-state index contributed by atoms with van der Waals surface area (Å²) in [5.41, 5.74) is 1.22. The first-order chi connectivity index (χ1) is 9.53. The zero-order valence-electron chi connectivity index (χ0n) is 12.0. The van der Waals surface area contributed by atoms with E-state index in [9.17, 15) is 4.79 Å². The van der Waals surface area contributed by atoms with Crippen LogP contribution in [0.2, 0.25) is 0 Å². The van der Waals surface area contributed by atoms with Crippen molar-refractivity contribution in [2.75, 3.05) is 19.7 Å². The van der Waals surface area contributed by atoms with E-state index in [0.717, 1.165) is 19.5 Å². The van der Waals surface area contributed by atoms with E-state index in [2.05, 4.69) is 30.7 Å². The SMILES string of the molecule is CC1(C)CCN(C(=O)c2ncccc2C#CCCO)C1. The summed E-state index contributed by atoms with van der Waals surface area (Å²) in [6.07, 6.45) is 3.03. The standard InChI is InChI=1S/C16H20N2O2/c1-16(2)8-10-18(12-16)15(20)14-13(6-3-4-11-19)7-5-9-17-14/h5,7,9,19H,4,8,10-12H2,1-2H3. The number of carbonyl (C=O) groups is 1. The van der Waals surface area contributed by atoms with Crippen molar-refractivity contribution in [1.82, 2.24) is 9.88 Å². The van der Waals surface area contributed by atoms with E-state index in [0.29, 0.717) is 17.7 Å². The lowest BCUT2D eigenvalue weighted by Crippen LogP contribution is -2.31. The van der Waals surface area contributed by atoms with E-state index < -0.39 is 0 Å². The van der Waals surface area contributed by atoms with Gasteiger partial charge in [0, 0.05) is 25.7 Å². The van der Waals surface area contributed by atoms with Crippen molar-refractivity contribution in [1.29, 1.82) is 0 Å². The van der Waals surface area contributed by atoms with Crippen molar-refractivity contribution >= 4 is 5.91 Å². The fourth-order valence-electron chi connectivity index (χ4n) is 2.33. The predicted octanol–water partition coefficient (Wildman–Crippen LogP) is 1.69. The average molecular weight is 272 g/mol. The third kappa shape index (κ3) is 3.37. The molecule has 0 spiro atoms. The molecule has 0 atom stereocenters. The van der Waals surface area contributed by atoms with Crippen molar-refractivity contribution in [3.8, 4) is 11.8 Å². The maximum atomic E-state index is 12.5. The van der Waals surface area contributed by atoms with Crippen LogP contribution in [0.15, 0.2) is 18.3 Å². The Morgan fingerprint density at radius 2 is 2.35 bits per heavy atom. The van der Waals surface area contributed by atoms with Crippen LogP contribution < -0.4 is 0 Å². The van der Waals surface area contributed by atoms with E-state index in [1.54, 1.807) is 18.3 Å². The second-order valence-corrected chi connectivity index (χ2v) is 5.82. The lowest BCUT2D eigenvalue weighted by Gasteiger charge is -2.19. The van der Waals surface area contributed by atoms with Gasteiger partial charge in [0.1, 0.15) is 5.69 Å². The minimum absolute atomic E-state index is 0.0247. The molecule has 106 valence electrons. The molecule has 1 saturated heterocycles. The molecule has 2 rings (SSSR count). The number of aromatic nitrogens is 1. The Kier molecular flexibility index (Phi) is 4.41. The second kappa shape index (κ2) is 6.06. The van der Waals surface area contributed by atoms with Gasteiger partial charge in [-0.3, -0.25) is 4.79 Å². The average Bonchev–Trinajstić information content (AvgIpc) is 2.79. The highest BCUT2D eigenvalue weighted by Gasteiger charge is 2.33. The van der Waals surface area contributed by atoms with Crippen LogP contribution in [0, 0.1) is 17.3 Å². The van der Waals surface area contributed by atoms with Crippen molar-refractivity contribution in [3.63, 3.8) is 0 Å². The van der Waals surface area contributed by atoms with Gasteiger partial charge in [-0.1, -0.05) is 25.7 Å². The molecule has 1 aliphatic rings. The molecule has 1 fully saturated rings. The van der Waals surface area contributed by atoms with Crippen LogP contribution in [0.25, 0.3) is 0 Å². The van der Waals surface area contributed by atoms with E-state index in [1.807, 2.05) is 4.90 Å². The molecule has 4 nitrogen and oxygen atoms in total. The number of nitrogens with zero attached hydrogens (tertiary/aromatic N) is 2. The van der Waals surface area contributed by atoms with Crippen molar-refractivity contribution < 1.29 is 9.90 Å². The van der Waals surface area contributed by atoms with Gasteiger partial charge in [-0.15, -0.1) is 0 Å². The third-order valence-electron chi connectivity index (χ3n) is 3.43. The van der Waals surface area contributed by atoms with Gasteiger partial charge in [-0.25, -0.2) is 4.98 Å². The van der Waals surface area contributed by atoms with Crippen LogP contribution in [0.4, 0.5) is 0 Å². The second-order valence-electron chi connectivity index (χ2n) is 5.82. The predicted molar refractivity (Wildman–Crippen MR) is 77.1 cm³/mol. The number of rotatable bonds is 2. The van der Waals surface area contributed by atoms with Crippen LogP contribution in [0.3, 0.4) is 0 Å². The molecule has 0 aliphatic carbocycles. The number of pyridine rings is 1. The topological polar surface area (TPSA) is 53.4 Å². The number of carbonyl (C=O) groups excluding carboxylic acids is 1. The zero-order chi connectivity index (χ0) is 14.6. The van der Waals surface area contributed by atoms with E-state index in [4.69, 9.17) is 5.11 Å². The normalized spacial score (nSPS) is 16.6. The van der Waals surface area contributed by atoms with Gasteiger partial charge >= 0.3 is 0 Å². The minimum Gasteiger partial charge on any atom is -0.395 e. The first-order valence-corrected chi connectivity index (χ1v) is 6.87. The third-order valence-corrected chi connectivity index (χ3v) is 3.43. The molecular weight excluding hydrogens is 252 g/mol. The number of amides is 1. The van der Waals surface area contributed by atoms with Gasteiger partial charge in [0.25, 0.3) is 5.91 Å². The number of aliphatic hydroxyl groups is 1. The van der Waals surface area contributed by atoms with Crippen LogP contribution in [-0.2, 0) is 0 Å². The first kappa shape index (κ1) is 14.5. The quantitative estimate of drug-likeness (QED) is 0.834. The zero-order valence-corrected chi connectivity index (χ0v) is 12.0. The Morgan fingerprint density at radius 3 is 3.00 bits per heavy atom. The summed E-state index contributed by atoms with van der Waals surface area (Å²) in [4.78, 5) is 18.6. The Labute approximate surface area is 119 Å². The molecule has 0 unspecified atom stereocenters. The van der Waals surface area contributed by atoms with Crippen molar-refractivity contribution in [2.24, 2.45) is 5.41 Å². The summed E-state index contributed by atoms with van der Waals surface area (Å²) in [6.45, 7) is 5.88. The Hall–Kier alpha value is -1.86. The van der Waals surface area contributed by atoms with Gasteiger partial charge in [0.05, 0.1) is 12.2 Å². The Balaban J connectivity index is 2.21. The number of hydrogen-bond acceptors (Lipinski definition) is 3. The summed E-state index contributed by atoms with van der Waals surface area (Å²) in [6, 6.07) is 3.57. The highest BCUT2D eigenvalue weighted by atomic mass is 16.2. The summed E-state index contributed by atoms with van der Waals surface area (Å²) < 4.78 is 0. The molecule has 0 bridgehead atoms. The maximum Gasteiger partial charge on any atom is 0.273 e. The van der Waals surface area contributed by atoms with Gasteiger partial charge < -0.3 is 10.0 Å².